The molecule has 1 saturated carbocycles. The first kappa shape index (κ1) is 11.1. The Hall–Kier alpha value is -1.36. The zero-order valence-corrected chi connectivity index (χ0v) is 9.48. The maximum absolute atomic E-state index is 9.42. The molecule has 0 bridgehead atoms. The molecule has 16 heavy (non-hydrogen) atoms. The van der Waals surface area contributed by atoms with E-state index in [2.05, 4.69) is 15.3 Å². The number of rotatable bonds is 3. The zero-order valence-electron chi connectivity index (χ0n) is 9.48. The fourth-order valence-electron chi connectivity index (χ4n) is 2.11. The van der Waals surface area contributed by atoms with E-state index in [0.29, 0.717) is 11.9 Å². The van der Waals surface area contributed by atoms with Crippen LogP contribution in [0.2, 0.25) is 0 Å². The number of aryl methyl sites for hydroxylation is 1. The SMILES string of the molecule is Cc1cnc(N)nc1NCC1CCC(O)C1. The van der Waals surface area contributed by atoms with Gasteiger partial charge in [-0.05, 0) is 32.1 Å². The number of nitrogens with two attached hydrogens (primary N) is 1. The molecule has 0 amide bonds. The molecule has 2 atom stereocenters. The minimum atomic E-state index is -0.122. The van der Waals surface area contributed by atoms with Crippen molar-refractivity contribution in [3.05, 3.63) is 11.8 Å². The van der Waals surface area contributed by atoms with Crippen molar-refractivity contribution >= 4 is 11.8 Å². The van der Waals surface area contributed by atoms with Gasteiger partial charge in [-0.2, -0.15) is 4.98 Å². The predicted octanol–water partition coefficient (Wildman–Crippen LogP) is 0.940. The molecule has 0 aliphatic heterocycles. The smallest absolute Gasteiger partial charge is 0.221 e. The maximum Gasteiger partial charge on any atom is 0.221 e. The quantitative estimate of drug-likeness (QED) is 0.709. The molecule has 5 nitrogen and oxygen atoms in total. The van der Waals surface area contributed by atoms with Gasteiger partial charge in [-0.25, -0.2) is 4.98 Å². The average molecular weight is 222 g/mol. The lowest BCUT2D eigenvalue weighted by Crippen LogP contribution is -2.14. The lowest BCUT2D eigenvalue weighted by atomic mass is 10.1. The van der Waals surface area contributed by atoms with E-state index in [1.165, 1.54) is 0 Å². The highest BCUT2D eigenvalue weighted by Gasteiger charge is 2.22. The van der Waals surface area contributed by atoms with Crippen molar-refractivity contribution in [3.8, 4) is 0 Å². The van der Waals surface area contributed by atoms with Gasteiger partial charge >= 0.3 is 0 Å². The Labute approximate surface area is 95.1 Å². The molecule has 1 aliphatic rings. The summed E-state index contributed by atoms with van der Waals surface area (Å²) in [6.07, 6.45) is 4.47. The largest absolute Gasteiger partial charge is 0.393 e. The van der Waals surface area contributed by atoms with E-state index >= 15 is 0 Å². The summed E-state index contributed by atoms with van der Waals surface area (Å²) in [7, 11) is 0. The Morgan fingerprint density at radius 2 is 2.38 bits per heavy atom. The lowest BCUT2D eigenvalue weighted by molar-refractivity contribution is 0.178. The Bertz CT molecular complexity index is 369. The van der Waals surface area contributed by atoms with Gasteiger partial charge in [-0.3, -0.25) is 0 Å². The summed E-state index contributed by atoms with van der Waals surface area (Å²) < 4.78 is 0. The van der Waals surface area contributed by atoms with Crippen LogP contribution in [-0.4, -0.2) is 27.7 Å². The van der Waals surface area contributed by atoms with Crippen molar-refractivity contribution in [1.82, 2.24) is 9.97 Å². The number of anilines is 2. The monoisotopic (exact) mass is 222 g/mol. The minimum absolute atomic E-state index is 0.122. The first-order valence-corrected chi connectivity index (χ1v) is 5.66. The van der Waals surface area contributed by atoms with Crippen LogP contribution in [-0.2, 0) is 0 Å². The number of hydrogen-bond donors (Lipinski definition) is 3. The summed E-state index contributed by atoms with van der Waals surface area (Å²) in [4.78, 5) is 8.06. The molecule has 5 heteroatoms. The zero-order chi connectivity index (χ0) is 11.5. The predicted molar refractivity (Wildman–Crippen MR) is 63.0 cm³/mol. The molecule has 0 aromatic carbocycles. The van der Waals surface area contributed by atoms with Gasteiger partial charge in [0.15, 0.2) is 0 Å². The van der Waals surface area contributed by atoms with Crippen molar-refractivity contribution < 1.29 is 5.11 Å². The molecule has 1 fully saturated rings. The molecule has 2 unspecified atom stereocenters. The highest BCUT2D eigenvalue weighted by Crippen LogP contribution is 2.25. The number of nitrogens with one attached hydrogen (secondary N) is 1. The molecule has 1 aromatic heterocycles. The van der Waals surface area contributed by atoms with E-state index in [0.717, 1.165) is 37.2 Å². The van der Waals surface area contributed by atoms with Crippen LogP contribution in [0.3, 0.4) is 0 Å². The van der Waals surface area contributed by atoms with E-state index in [-0.39, 0.29) is 6.10 Å². The molecule has 4 N–H and O–H groups in total. The van der Waals surface area contributed by atoms with Crippen LogP contribution in [0.5, 0.6) is 0 Å². The number of aliphatic hydroxyl groups excluding tert-OH is 1. The summed E-state index contributed by atoms with van der Waals surface area (Å²) in [5.41, 5.74) is 6.52. The van der Waals surface area contributed by atoms with Gasteiger partial charge in [0.2, 0.25) is 5.95 Å². The number of nitrogen functional groups attached to an aromatic ring is 1. The van der Waals surface area contributed by atoms with Gasteiger partial charge in [-0.1, -0.05) is 0 Å². The van der Waals surface area contributed by atoms with Crippen LogP contribution in [0.1, 0.15) is 24.8 Å². The molecule has 0 saturated heterocycles. The second-order valence-corrected chi connectivity index (χ2v) is 4.47. The first-order chi connectivity index (χ1) is 7.65. The molecule has 88 valence electrons. The molecular formula is C11H18N4O. The Morgan fingerprint density at radius 3 is 3.06 bits per heavy atom. The Kier molecular flexibility index (Phi) is 3.24. The first-order valence-electron chi connectivity index (χ1n) is 5.66. The van der Waals surface area contributed by atoms with Crippen molar-refractivity contribution in [2.45, 2.75) is 32.3 Å². The second-order valence-electron chi connectivity index (χ2n) is 4.47. The van der Waals surface area contributed by atoms with Crippen LogP contribution in [0.25, 0.3) is 0 Å². The highest BCUT2D eigenvalue weighted by molar-refractivity contribution is 5.45. The molecule has 0 radical (unpaired) electrons. The lowest BCUT2D eigenvalue weighted by Gasteiger charge is -2.12. The number of nitrogens with zero attached hydrogens (tertiary/aromatic N) is 2. The van der Waals surface area contributed by atoms with Crippen LogP contribution in [0.15, 0.2) is 6.20 Å². The van der Waals surface area contributed by atoms with Crippen LogP contribution < -0.4 is 11.1 Å². The second kappa shape index (κ2) is 4.65. The third-order valence-electron chi connectivity index (χ3n) is 3.06. The summed E-state index contributed by atoms with van der Waals surface area (Å²) in [6, 6.07) is 0. The van der Waals surface area contributed by atoms with Gasteiger partial charge in [0.1, 0.15) is 5.82 Å². The maximum atomic E-state index is 9.42. The normalized spacial score (nSPS) is 24.6. The van der Waals surface area contributed by atoms with E-state index in [4.69, 9.17) is 5.73 Å². The van der Waals surface area contributed by atoms with Crippen LogP contribution in [0.4, 0.5) is 11.8 Å². The Morgan fingerprint density at radius 1 is 1.56 bits per heavy atom. The third-order valence-corrected chi connectivity index (χ3v) is 3.06. The topological polar surface area (TPSA) is 84.1 Å². The van der Waals surface area contributed by atoms with E-state index in [1.807, 2.05) is 6.92 Å². The van der Waals surface area contributed by atoms with Gasteiger partial charge in [0.25, 0.3) is 0 Å². The summed E-state index contributed by atoms with van der Waals surface area (Å²) in [5, 5.41) is 12.7. The summed E-state index contributed by atoms with van der Waals surface area (Å²) in [6.45, 7) is 2.79. The number of aliphatic hydroxyl groups is 1. The highest BCUT2D eigenvalue weighted by atomic mass is 16.3. The van der Waals surface area contributed by atoms with Gasteiger partial charge in [-0.15, -0.1) is 0 Å². The molecule has 0 spiro atoms. The number of aromatic nitrogens is 2. The van der Waals surface area contributed by atoms with E-state index in [9.17, 15) is 5.11 Å². The summed E-state index contributed by atoms with van der Waals surface area (Å²) in [5.74, 6) is 1.62. The van der Waals surface area contributed by atoms with E-state index < -0.39 is 0 Å². The van der Waals surface area contributed by atoms with Crippen molar-refractivity contribution in [2.75, 3.05) is 17.6 Å². The molecule has 1 aliphatic carbocycles. The van der Waals surface area contributed by atoms with Gasteiger partial charge in [0, 0.05) is 18.3 Å². The van der Waals surface area contributed by atoms with Crippen molar-refractivity contribution in [2.24, 2.45) is 5.92 Å². The van der Waals surface area contributed by atoms with Crippen molar-refractivity contribution in [3.63, 3.8) is 0 Å². The van der Waals surface area contributed by atoms with E-state index in [1.54, 1.807) is 6.20 Å². The molecular weight excluding hydrogens is 204 g/mol. The van der Waals surface area contributed by atoms with Gasteiger partial charge < -0.3 is 16.2 Å². The molecule has 1 aromatic rings. The third kappa shape index (κ3) is 2.61. The average Bonchev–Trinajstić information content (AvgIpc) is 2.66. The molecule has 1 heterocycles. The summed E-state index contributed by atoms with van der Waals surface area (Å²) >= 11 is 0. The fourth-order valence-corrected chi connectivity index (χ4v) is 2.11. The van der Waals surface area contributed by atoms with Gasteiger partial charge in [0.05, 0.1) is 6.10 Å². The van der Waals surface area contributed by atoms with Crippen molar-refractivity contribution in [1.29, 1.82) is 0 Å². The Balaban J connectivity index is 1.91. The number of hydrogen-bond acceptors (Lipinski definition) is 5. The molecule has 2 rings (SSSR count). The van der Waals surface area contributed by atoms with Crippen LogP contribution in [0, 0.1) is 12.8 Å². The fraction of sp³-hybridized carbons (Fsp3) is 0.636. The van der Waals surface area contributed by atoms with Crippen LogP contribution >= 0.6 is 0 Å². The minimum Gasteiger partial charge on any atom is -0.393 e. The standard InChI is InChI=1S/C11H18N4O/c1-7-5-14-11(12)15-10(7)13-6-8-2-3-9(16)4-8/h5,8-9,16H,2-4,6H2,1H3,(H3,12,13,14,15).